The Morgan fingerprint density at radius 3 is 3.06 bits per heavy atom. The summed E-state index contributed by atoms with van der Waals surface area (Å²) in [6.07, 6.45) is 0.942. The molecule has 0 aliphatic heterocycles. The lowest BCUT2D eigenvalue weighted by atomic mass is 10.1. The molecule has 3 nitrogen and oxygen atoms in total. The van der Waals surface area contributed by atoms with Crippen LogP contribution in [0.1, 0.15) is 11.3 Å². The molecule has 0 aliphatic carbocycles. The van der Waals surface area contributed by atoms with Crippen LogP contribution in [0.4, 0.5) is 11.4 Å². The molecule has 0 amide bonds. The number of hydrogen-bond donors (Lipinski definition) is 2. The molecule has 0 unspecified atom stereocenters. The van der Waals surface area contributed by atoms with Crippen molar-refractivity contribution in [1.82, 2.24) is 4.98 Å². The van der Waals surface area contributed by atoms with E-state index >= 15 is 0 Å². The largest absolute Gasteiger partial charge is 0.398 e. The third-order valence-corrected chi connectivity index (χ3v) is 3.19. The van der Waals surface area contributed by atoms with Gasteiger partial charge < -0.3 is 11.1 Å². The number of anilines is 2. The zero-order valence-electron chi connectivity index (χ0n) is 9.23. The summed E-state index contributed by atoms with van der Waals surface area (Å²) < 4.78 is 0. The van der Waals surface area contributed by atoms with Gasteiger partial charge >= 0.3 is 0 Å². The Labute approximate surface area is 99.3 Å². The van der Waals surface area contributed by atoms with Gasteiger partial charge in [0.25, 0.3) is 0 Å². The summed E-state index contributed by atoms with van der Waals surface area (Å²) in [7, 11) is 0. The fraction of sp³-hybridized carbons (Fsp3) is 0.250. The van der Waals surface area contributed by atoms with Crippen LogP contribution in [-0.2, 0) is 6.42 Å². The lowest BCUT2D eigenvalue weighted by Gasteiger charge is -2.10. The van der Waals surface area contributed by atoms with Crippen molar-refractivity contribution in [2.75, 3.05) is 17.6 Å². The van der Waals surface area contributed by atoms with Crippen molar-refractivity contribution in [3.05, 3.63) is 40.3 Å². The van der Waals surface area contributed by atoms with Crippen LogP contribution >= 0.6 is 11.3 Å². The predicted molar refractivity (Wildman–Crippen MR) is 69.9 cm³/mol. The van der Waals surface area contributed by atoms with Crippen LogP contribution in [0.2, 0.25) is 0 Å². The quantitative estimate of drug-likeness (QED) is 0.798. The summed E-state index contributed by atoms with van der Waals surface area (Å²) in [5.41, 5.74) is 11.9. The predicted octanol–water partition coefficient (Wildman–Crippen LogP) is 2.69. The Morgan fingerprint density at radius 1 is 1.44 bits per heavy atom. The summed E-state index contributed by atoms with van der Waals surface area (Å²) in [6, 6.07) is 5.93. The van der Waals surface area contributed by atoms with Crippen LogP contribution in [0.3, 0.4) is 0 Å². The second-order valence-electron chi connectivity index (χ2n) is 3.68. The number of aromatic nitrogens is 1. The van der Waals surface area contributed by atoms with E-state index in [2.05, 4.69) is 15.7 Å². The number of thiazole rings is 1. The van der Waals surface area contributed by atoms with Gasteiger partial charge in [-0.1, -0.05) is 6.07 Å². The molecule has 0 atom stereocenters. The van der Waals surface area contributed by atoms with Crippen molar-refractivity contribution >= 4 is 22.7 Å². The molecule has 2 aromatic rings. The van der Waals surface area contributed by atoms with Crippen LogP contribution in [0.5, 0.6) is 0 Å². The standard InChI is InChI=1S/C12H15N3S/c1-9-11(13)3-2-4-12(9)14-6-5-10-7-16-8-15-10/h2-4,7-8,14H,5-6,13H2,1H3. The minimum Gasteiger partial charge on any atom is -0.398 e. The topological polar surface area (TPSA) is 50.9 Å². The highest BCUT2D eigenvalue weighted by Gasteiger charge is 2.00. The van der Waals surface area contributed by atoms with Crippen molar-refractivity contribution < 1.29 is 0 Å². The normalized spacial score (nSPS) is 10.3. The molecule has 1 heterocycles. The average Bonchev–Trinajstić information content (AvgIpc) is 2.77. The Hall–Kier alpha value is -1.55. The van der Waals surface area contributed by atoms with Gasteiger partial charge in [0.1, 0.15) is 0 Å². The first-order valence-electron chi connectivity index (χ1n) is 5.23. The first kappa shape index (κ1) is 11.0. The molecule has 4 heteroatoms. The highest BCUT2D eigenvalue weighted by atomic mass is 32.1. The Kier molecular flexibility index (Phi) is 3.41. The van der Waals surface area contributed by atoms with Crippen molar-refractivity contribution in [2.24, 2.45) is 0 Å². The van der Waals surface area contributed by atoms with Crippen LogP contribution in [0, 0.1) is 6.92 Å². The number of nitrogens with two attached hydrogens (primary N) is 1. The maximum Gasteiger partial charge on any atom is 0.0794 e. The molecule has 16 heavy (non-hydrogen) atoms. The molecule has 0 aliphatic rings. The Bertz CT molecular complexity index is 451. The third-order valence-electron chi connectivity index (χ3n) is 2.56. The average molecular weight is 233 g/mol. The summed E-state index contributed by atoms with van der Waals surface area (Å²) in [4.78, 5) is 4.24. The van der Waals surface area contributed by atoms with Crippen molar-refractivity contribution in [1.29, 1.82) is 0 Å². The van der Waals surface area contributed by atoms with Gasteiger partial charge in [0.15, 0.2) is 0 Å². The summed E-state index contributed by atoms with van der Waals surface area (Å²) >= 11 is 1.63. The Morgan fingerprint density at radius 2 is 2.31 bits per heavy atom. The first-order valence-corrected chi connectivity index (χ1v) is 6.17. The molecule has 2 rings (SSSR count). The van der Waals surface area contributed by atoms with Crippen LogP contribution < -0.4 is 11.1 Å². The monoisotopic (exact) mass is 233 g/mol. The highest BCUT2D eigenvalue weighted by molar-refractivity contribution is 7.07. The van der Waals surface area contributed by atoms with E-state index in [1.807, 2.05) is 30.6 Å². The third kappa shape index (κ3) is 2.52. The molecule has 0 saturated carbocycles. The van der Waals surface area contributed by atoms with E-state index in [9.17, 15) is 0 Å². The number of nitrogen functional groups attached to an aromatic ring is 1. The van der Waals surface area contributed by atoms with Gasteiger partial charge in [-0.15, -0.1) is 11.3 Å². The van der Waals surface area contributed by atoms with E-state index in [4.69, 9.17) is 5.73 Å². The Balaban J connectivity index is 1.92. The number of rotatable bonds is 4. The molecule has 3 N–H and O–H groups in total. The number of hydrogen-bond acceptors (Lipinski definition) is 4. The van der Waals surface area contributed by atoms with Crippen molar-refractivity contribution in [3.8, 4) is 0 Å². The molecule has 84 valence electrons. The lowest BCUT2D eigenvalue weighted by Crippen LogP contribution is -2.07. The van der Waals surface area contributed by atoms with E-state index < -0.39 is 0 Å². The first-order chi connectivity index (χ1) is 7.77. The fourth-order valence-electron chi connectivity index (χ4n) is 1.53. The van der Waals surface area contributed by atoms with Gasteiger partial charge in [0.2, 0.25) is 0 Å². The zero-order chi connectivity index (χ0) is 11.4. The molecule has 1 aromatic heterocycles. The van der Waals surface area contributed by atoms with E-state index in [0.717, 1.165) is 35.6 Å². The van der Waals surface area contributed by atoms with Crippen LogP contribution in [0.25, 0.3) is 0 Å². The second kappa shape index (κ2) is 4.99. The minimum atomic E-state index is 0.832. The van der Waals surface area contributed by atoms with E-state index in [1.54, 1.807) is 11.3 Å². The zero-order valence-corrected chi connectivity index (χ0v) is 10.1. The van der Waals surface area contributed by atoms with E-state index in [1.165, 1.54) is 0 Å². The molecular weight excluding hydrogens is 218 g/mol. The van der Waals surface area contributed by atoms with Gasteiger partial charge in [0.05, 0.1) is 11.2 Å². The summed E-state index contributed by atoms with van der Waals surface area (Å²) in [5, 5.41) is 5.45. The maximum absolute atomic E-state index is 5.84. The maximum atomic E-state index is 5.84. The van der Waals surface area contributed by atoms with Gasteiger partial charge in [-0.05, 0) is 24.6 Å². The molecule has 0 fully saturated rings. The fourth-order valence-corrected chi connectivity index (χ4v) is 2.12. The summed E-state index contributed by atoms with van der Waals surface area (Å²) in [6.45, 7) is 2.91. The summed E-state index contributed by atoms with van der Waals surface area (Å²) in [5.74, 6) is 0. The molecule has 0 radical (unpaired) electrons. The molecular formula is C12H15N3S. The SMILES string of the molecule is Cc1c(N)cccc1NCCc1cscn1. The number of nitrogens with zero attached hydrogens (tertiary/aromatic N) is 1. The second-order valence-corrected chi connectivity index (χ2v) is 4.40. The van der Waals surface area contributed by atoms with Crippen LogP contribution in [0.15, 0.2) is 29.1 Å². The molecule has 0 spiro atoms. The van der Waals surface area contributed by atoms with Gasteiger partial charge in [-0.3, -0.25) is 0 Å². The van der Waals surface area contributed by atoms with Gasteiger partial charge in [-0.25, -0.2) is 4.98 Å². The number of benzene rings is 1. The van der Waals surface area contributed by atoms with Gasteiger partial charge in [-0.2, -0.15) is 0 Å². The lowest BCUT2D eigenvalue weighted by molar-refractivity contribution is 0.975. The molecule has 0 saturated heterocycles. The van der Waals surface area contributed by atoms with E-state index in [0.29, 0.717) is 0 Å². The van der Waals surface area contributed by atoms with E-state index in [-0.39, 0.29) is 0 Å². The smallest absolute Gasteiger partial charge is 0.0794 e. The van der Waals surface area contributed by atoms with Crippen molar-refractivity contribution in [2.45, 2.75) is 13.3 Å². The van der Waals surface area contributed by atoms with Crippen molar-refractivity contribution in [3.63, 3.8) is 0 Å². The minimum absolute atomic E-state index is 0.832. The van der Waals surface area contributed by atoms with Gasteiger partial charge in [0, 0.05) is 29.7 Å². The number of nitrogens with one attached hydrogen (secondary N) is 1. The highest BCUT2D eigenvalue weighted by Crippen LogP contribution is 2.20. The van der Waals surface area contributed by atoms with Crippen LogP contribution in [-0.4, -0.2) is 11.5 Å². The molecule has 0 bridgehead atoms. The molecule has 1 aromatic carbocycles.